The molecule has 1 aromatic heterocycles. The van der Waals surface area contributed by atoms with Gasteiger partial charge in [-0.05, 0) is 48.9 Å². The lowest BCUT2D eigenvalue weighted by Crippen LogP contribution is -2.20. The van der Waals surface area contributed by atoms with E-state index in [1.165, 1.54) is 18.4 Å². The first-order valence-corrected chi connectivity index (χ1v) is 10.2. The van der Waals surface area contributed by atoms with E-state index in [-0.39, 0.29) is 12.5 Å². The molecule has 152 valence electrons. The lowest BCUT2D eigenvalue weighted by Gasteiger charge is -2.09. The molecule has 0 bridgehead atoms. The molecule has 8 heteroatoms. The van der Waals surface area contributed by atoms with Gasteiger partial charge in [0.25, 0.3) is 5.91 Å². The Balaban J connectivity index is 1.76. The van der Waals surface area contributed by atoms with Crippen molar-refractivity contribution >= 4 is 50.6 Å². The van der Waals surface area contributed by atoms with Crippen LogP contribution in [0.3, 0.4) is 0 Å². The fourth-order valence-electron chi connectivity index (χ4n) is 2.60. The van der Waals surface area contributed by atoms with E-state index in [9.17, 15) is 9.59 Å². The van der Waals surface area contributed by atoms with Crippen LogP contribution in [0.1, 0.15) is 23.0 Å². The molecule has 1 heterocycles. The Labute approximate surface area is 177 Å². The highest BCUT2D eigenvalue weighted by atomic mass is 35.5. The van der Waals surface area contributed by atoms with Crippen molar-refractivity contribution in [2.75, 3.05) is 25.6 Å². The number of amides is 1. The summed E-state index contributed by atoms with van der Waals surface area (Å²) in [7, 11) is 1.34. The molecule has 0 radical (unpaired) electrons. The highest BCUT2D eigenvalue weighted by Crippen LogP contribution is 2.39. The molecule has 0 atom stereocenters. The molecule has 0 aliphatic carbocycles. The van der Waals surface area contributed by atoms with Crippen LogP contribution in [0.25, 0.3) is 10.1 Å². The number of esters is 1. The monoisotopic (exact) mass is 433 g/mol. The summed E-state index contributed by atoms with van der Waals surface area (Å²) in [5, 5.41) is 4.14. The van der Waals surface area contributed by atoms with Gasteiger partial charge in [0, 0.05) is 20.8 Å². The van der Waals surface area contributed by atoms with Crippen molar-refractivity contribution in [2.24, 2.45) is 0 Å². The Bertz CT molecular complexity index is 1020. The third-order valence-corrected chi connectivity index (χ3v) is 5.32. The van der Waals surface area contributed by atoms with Gasteiger partial charge in [0.15, 0.2) is 17.2 Å². The summed E-state index contributed by atoms with van der Waals surface area (Å²) < 4.78 is 17.0. The van der Waals surface area contributed by atoms with Gasteiger partial charge in [-0.3, -0.25) is 4.79 Å². The van der Waals surface area contributed by atoms with Crippen LogP contribution in [0.2, 0.25) is 5.02 Å². The second-order valence-electron chi connectivity index (χ2n) is 6.10. The van der Waals surface area contributed by atoms with E-state index in [0.29, 0.717) is 33.7 Å². The standard InChI is InChI=1S/C21H20ClNO5S/c1-3-10-27-19-16-11-14(6-9-17(16)29-20(19)21(25)26-2)23-18(24)12-28-15-7-4-13(22)5-8-15/h4-9,11H,3,10,12H2,1-2H3,(H,23,24). The van der Waals surface area contributed by atoms with E-state index in [2.05, 4.69) is 5.32 Å². The predicted molar refractivity (Wildman–Crippen MR) is 115 cm³/mol. The molecule has 2 aromatic carbocycles. The number of carbonyl (C=O) groups excluding carboxylic acids is 2. The van der Waals surface area contributed by atoms with Crippen LogP contribution < -0.4 is 14.8 Å². The van der Waals surface area contributed by atoms with E-state index >= 15 is 0 Å². The van der Waals surface area contributed by atoms with Gasteiger partial charge in [-0.25, -0.2) is 4.79 Å². The van der Waals surface area contributed by atoms with Crippen molar-refractivity contribution in [1.82, 2.24) is 0 Å². The summed E-state index contributed by atoms with van der Waals surface area (Å²) in [6, 6.07) is 12.2. The summed E-state index contributed by atoms with van der Waals surface area (Å²) in [6.07, 6.45) is 0.802. The van der Waals surface area contributed by atoms with E-state index in [0.717, 1.165) is 16.5 Å². The van der Waals surface area contributed by atoms with Gasteiger partial charge in [0.1, 0.15) is 5.75 Å². The number of thiophene rings is 1. The molecule has 1 amide bonds. The van der Waals surface area contributed by atoms with Gasteiger partial charge >= 0.3 is 5.97 Å². The van der Waals surface area contributed by atoms with Gasteiger partial charge in [0.05, 0.1) is 13.7 Å². The number of methoxy groups -OCH3 is 1. The second-order valence-corrected chi connectivity index (χ2v) is 7.59. The number of carbonyl (C=O) groups is 2. The Hall–Kier alpha value is -2.77. The minimum atomic E-state index is -0.445. The highest BCUT2D eigenvalue weighted by molar-refractivity contribution is 7.21. The Morgan fingerprint density at radius 2 is 1.86 bits per heavy atom. The molecule has 0 aliphatic heterocycles. The number of hydrogen-bond donors (Lipinski definition) is 1. The molecule has 0 saturated carbocycles. The number of benzene rings is 2. The van der Waals surface area contributed by atoms with Gasteiger partial charge in [-0.15, -0.1) is 11.3 Å². The molecule has 3 rings (SSSR count). The van der Waals surface area contributed by atoms with Crippen molar-refractivity contribution in [3.8, 4) is 11.5 Å². The summed E-state index contributed by atoms with van der Waals surface area (Å²) in [4.78, 5) is 24.7. The van der Waals surface area contributed by atoms with Crippen LogP contribution in [0.5, 0.6) is 11.5 Å². The first kappa shape index (κ1) is 21.0. The summed E-state index contributed by atoms with van der Waals surface area (Å²) in [6.45, 7) is 2.32. The first-order chi connectivity index (χ1) is 14.0. The fourth-order valence-corrected chi connectivity index (χ4v) is 3.78. The number of anilines is 1. The lowest BCUT2D eigenvalue weighted by atomic mass is 10.2. The third kappa shape index (κ3) is 5.19. The number of ether oxygens (including phenoxy) is 3. The van der Waals surface area contributed by atoms with E-state index in [1.807, 2.05) is 13.0 Å². The molecule has 0 unspecified atom stereocenters. The highest BCUT2D eigenvalue weighted by Gasteiger charge is 2.21. The number of nitrogens with one attached hydrogen (secondary N) is 1. The minimum absolute atomic E-state index is 0.143. The van der Waals surface area contributed by atoms with E-state index in [4.69, 9.17) is 25.8 Å². The van der Waals surface area contributed by atoms with E-state index in [1.54, 1.807) is 36.4 Å². The van der Waals surface area contributed by atoms with Crippen LogP contribution in [0, 0.1) is 0 Å². The number of fused-ring (bicyclic) bond motifs is 1. The largest absolute Gasteiger partial charge is 0.491 e. The smallest absolute Gasteiger partial charge is 0.351 e. The third-order valence-electron chi connectivity index (χ3n) is 3.93. The van der Waals surface area contributed by atoms with Crippen LogP contribution in [-0.2, 0) is 9.53 Å². The zero-order valence-electron chi connectivity index (χ0n) is 16.0. The molecule has 0 saturated heterocycles. The SMILES string of the molecule is CCCOc1c(C(=O)OC)sc2ccc(NC(=O)COc3ccc(Cl)cc3)cc12. The Kier molecular flexibility index (Phi) is 6.95. The summed E-state index contributed by atoms with van der Waals surface area (Å²) in [5.41, 5.74) is 0.581. The van der Waals surface area contributed by atoms with Crippen LogP contribution in [-0.4, -0.2) is 32.2 Å². The zero-order valence-corrected chi connectivity index (χ0v) is 17.6. The van der Waals surface area contributed by atoms with Crippen molar-refractivity contribution in [3.05, 3.63) is 52.4 Å². The molecule has 0 spiro atoms. The molecular formula is C21H20ClNO5S. The molecule has 6 nitrogen and oxygen atoms in total. The van der Waals surface area contributed by atoms with Crippen molar-refractivity contribution in [3.63, 3.8) is 0 Å². The molecule has 0 aliphatic rings. The number of hydrogen-bond acceptors (Lipinski definition) is 6. The maximum absolute atomic E-state index is 12.2. The average Bonchev–Trinajstić information content (AvgIpc) is 3.09. The van der Waals surface area contributed by atoms with Gasteiger partial charge in [0.2, 0.25) is 0 Å². The first-order valence-electron chi connectivity index (χ1n) is 8.97. The van der Waals surface area contributed by atoms with Crippen molar-refractivity contribution < 1.29 is 23.8 Å². The number of halogens is 1. The molecule has 29 heavy (non-hydrogen) atoms. The van der Waals surface area contributed by atoms with Crippen LogP contribution in [0.4, 0.5) is 5.69 Å². The van der Waals surface area contributed by atoms with Gasteiger partial charge in [-0.2, -0.15) is 0 Å². The quantitative estimate of drug-likeness (QED) is 0.497. The summed E-state index contributed by atoms with van der Waals surface area (Å²) >= 11 is 7.13. The Morgan fingerprint density at radius 1 is 1.10 bits per heavy atom. The second kappa shape index (κ2) is 9.62. The fraction of sp³-hybridized carbons (Fsp3) is 0.238. The van der Waals surface area contributed by atoms with Crippen LogP contribution >= 0.6 is 22.9 Å². The zero-order chi connectivity index (χ0) is 20.8. The lowest BCUT2D eigenvalue weighted by molar-refractivity contribution is -0.118. The molecular weight excluding hydrogens is 414 g/mol. The molecule has 3 aromatic rings. The van der Waals surface area contributed by atoms with Crippen molar-refractivity contribution in [1.29, 1.82) is 0 Å². The normalized spacial score (nSPS) is 10.6. The minimum Gasteiger partial charge on any atom is -0.491 e. The maximum atomic E-state index is 12.2. The number of rotatable bonds is 8. The Morgan fingerprint density at radius 3 is 2.55 bits per heavy atom. The molecule has 0 fully saturated rings. The summed E-state index contributed by atoms with van der Waals surface area (Å²) in [5.74, 6) is 0.279. The topological polar surface area (TPSA) is 73.9 Å². The maximum Gasteiger partial charge on any atom is 0.351 e. The molecule has 1 N–H and O–H groups in total. The van der Waals surface area contributed by atoms with E-state index < -0.39 is 5.97 Å². The average molecular weight is 434 g/mol. The van der Waals surface area contributed by atoms with Gasteiger partial charge in [-0.1, -0.05) is 18.5 Å². The predicted octanol–water partition coefficient (Wildman–Crippen LogP) is 5.15. The van der Waals surface area contributed by atoms with Gasteiger partial charge < -0.3 is 19.5 Å². The van der Waals surface area contributed by atoms with Crippen molar-refractivity contribution in [2.45, 2.75) is 13.3 Å². The van der Waals surface area contributed by atoms with Crippen LogP contribution in [0.15, 0.2) is 42.5 Å².